The number of benzene rings is 3. The van der Waals surface area contributed by atoms with Crippen molar-refractivity contribution in [3.63, 3.8) is 0 Å². The lowest BCUT2D eigenvalue weighted by atomic mass is 9.87. The second kappa shape index (κ2) is 10.3. The molecule has 1 N–H and O–H groups in total. The van der Waals surface area contributed by atoms with Gasteiger partial charge < -0.3 is 29.2 Å². The Labute approximate surface area is 208 Å². The number of carbonyl (C=O) groups excluding carboxylic acids is 1. The average molecular weight is 501 g/mol. The van der Waals surface area contributed by atoms with Gasteiger partial charge in [-0.05, 0) is 53.9 Å². The number of amides is 2. The van der Waals surface area contributed by atoms with E-state index in [9.17, 15) is 4.79 Å². The first-order chi connectivity index (χ1) is 16.9. The van der Waals surface area contributed by atoms with Gasteiger partial charge in [0, 0.05) is 23.2 Å². The molecule has 0 saturated carbocycles. The number of halogens is 2. The zero-order chi connectivity index (χ0) is 25.1. The predicted octanol–water partition coefficient (Wildman–Crippen LogP) is 5.69. The van der Waals surface area contributed by atoms with Gasteiger partial charge in [-0.2, -0.15) is 0 Å². The third-order valence-corrected chi connectivity index (χ3v) is 6.39. The Morgan fingerprint density at radius 1 is 0.971 bits per heavy atom. The number of ether oxygens (including phenoxy) is 4. The van der Waals surface area contributed by atoms with E-state index < -0.39 is 17.9 Å². The van der Waals surface area contributed by atoms with Crippen LogP contribution in [0.2, 0.25) is 5.02 Å². The Kier molecular flexibility index (Phi) is 7.21. The Balaban J connectivity index is 1.82. The van der Waals surface area contributed by atoms with Crippen LogP contribution in [0.15, 0.2) is 48.5 Å². The Morgan fingerprint density at radius 2 is 1.69 bits per heavy atom. The molecule has 1 atom stereocenters. The van der Waals surface area contributed by atoms with E-state index in [2.05, 4.69) is 5.32 Å². The molecule has 0 spiro atoms. The average Bonchev–Trinajstić information content (AvgIpc) is 2.87. The number of hydrogen-bond donors (Lipinski definition) is 1. The summed E-state index contributed by atoms with van der Waals surface area (Å²) in [7, 11) is 6.13. The van der Waals surface area contributed by atoms with Gasteiger partial charge in [0.25, 0.3) is 0 Å². The number of fused-ring (bicyclic) bond motifs is 1. The third-order valence-electron chi connectivity index (χ3n) is 6.06. The quantitative estimate of drug-likeness (QED) is 0.470. The van der Waals surface area contributed by atoms with Gasteiger partial charge in [0.15, 0.2) is 11.5 Å². The second-order valence-electron chi connectivity index (χ2n) is 7.88. The topological polar surface area (TPSA) is 69.3 Å². The van der Waals surface area contributed by atoms with E-state index in [4.69, 9.17) is 30.5 Å². The van der Waals surface area contributed by atoms with Crippen molar-refractivity contribution in [2.45, 2.75) is 12.5 Å². The minimum Gasteiger partial charge on any atom is -0.497 e. The molecule has 1 heterocycles. The van der Waals surface area contributed by atoms with Crippen molar-refractivity contribution < 1.29 is 28.1 Å². The molecule has 7 nitrogen and oxygen atoms in total. The highest BCUT2D eigenvalue weighted by atomic mass is 35.5. The van der Waals surface area contributed by atoms with Crippen molar-refractivity contribution in [3.05, 3.63) is 76.1 Å². The molecule has 0 fully saturated rings. The van der Waals surface area contributed by atoms with E-state index in [1.54, 1.807) is 42.3 Å². The van der Waals surface area contributed by atoms with Gasteiger partial charge in [0.1, 0.15) is 17.3 Å². The summed E-state index contributed by atoms with van der Waals surface area (Å²) >= 11 is 6.49. The lowest BCUT2D eigenvalue weighted by Crippen LogP contribution is -2.43. The molecule has 1 aliphatic rings. The van der Waals surface area contributed by atoms with Gasteiger partial charge in [-0.15, -0.1) is 0 Å². The van der Waals surface area contributed by atoms with E-state index in [1.165, 1.54) is 33.5 Å². The Bertz CT molecular complexity index is 1230. The number of anilines is 1. The van der Waals surface area contributed by atoms with Crippen LogP contribution < -0.4 is 24.3 Å². The molecule has 0 bridgehead atoms. The molecule has 1 aliphatic heterocycles. The minimum absolute atomic E-state index is 0.204. The van der Waals surface area contributed by atoms with Crippen molar-refractivity contribution in [2.75, 3.05) is 40.3 Å². The van der Waals surface area contributed by atoms with Gasteiger partial charge in [-0.1, -0.05) is 17.7 Å². The van der Waals surface area contributed by atoms with Crippen molar-refractivity contribution in [1.82, 2.24) is 4.90 Å². The van der Waals surface area contributed by atoms with E-state index in [1.807, 2.05) is 6.07 Å². The van der Waals surface area contributed by atoms with Crippen LogP contribution in [0.5, 0.6) is 23.0 Å². The number of rotatable bonds is 6. The van der Waals surface area contributed by atoms with Crippen LogP contribution in [0.3, 0.4) is 0 Å². The Morgan fingerprint density at radius 3 is 2.34 bits per heavy atom. The van der Waals surface area contributed by atoms with Crippen molar-refractivity contribution in [2.24, 2.45) is 0 Å². The number of nitrogens with zero attached hydrogens (tertiary/aromatic N) is 1. The molecule has 184 valence electrons. The van der Waals surface area contributed by atoms with Crippen molar-refractivity contribution in [1.29, 1.82) is 0 Å². The highest BCUT2D eigenvalue weighted by molar-refractivity contribution is 6.31. The van der Waals surface area contributed by atoms with E-state index in [-0.39, 0.29) is 10.6 Å². The molecule has 0 unspecified atom stereocenters. The highest BCUT2D eigenvalue weighted by Crippen LogP contribution is 2.44. The van der Waals surface area contributed by atoms with Gasteiger partial charge in [-0.3, -0.25) is 0 Å². The lowest BCUT2D eigenvalue weighted by Gasteiger charge is -2.38. The molecule has 35 heavy (non-hydrogen) atoms. The summed E-state index contributed by atoms with van der Waals surface area (Å²) in [5.74, 6) is 1.53. The van der Waals surface area contributed by atoms with Crippen LogP contribution in [-0.2, 0) is 6.42 Å². The standard InChI is InChI=1S/C26H26ClFN2O5/c1-32-16-8-9-21(33-2)20(13-16)29-26(31)30-11-10-15-12-22(34-3)23(35-4)14-17(15)25(30)24-18(27)6-5-7-19(24)28/h5-9,12-14,25H,10-11H2,1-4H3,(H,29,31)/t25-/m0/s1. The smallest absolute Gasteiger partial charge is 0.322 e. The van der Waals surface area contributed by atoms with Gasteiger partial charge >= 0.3 is 6.03 Å². The number of nitrogens with one attached hydrogen (secondary N) is 1. The van der Waals surface area contributed by atoms with E-state index in [0.717, 1.165) is 5.56 Å². The summed E-state index contributed by atoms with van der Waals surface area (Å²) in [6, 6.07) is 11.9. The number of methoxy groups -OCH3 is 4. The van der Waals surface area contributed by atoms with Crippen molar-refractivity contribution in [3.8, 4) is 23.0 Å². The zero-order valence-corrected chi connectivity index (χ0v) is 20.6. The third kappa shape index (κ3) is 4.66. The van der Waals surface area contributed by atoms with Crippen LogP contribution in [0.1, 0.15) is 22.7 Å². The first-order valence-corrected chi connectivity index (χ1v) is 11.3. The number of hydrogen-bond acceptors (Lipinski definition) is 5. The normalized spacial score (nSPS) is 14.7. The van der Waals surface area contributed by atoms with Gasteiger partial charge in [0.05, 0.1) is 40.2 Å². The second-order valence-corrected chi connectivity index (χ2v) is 8.29. The molecule has 0 aliphatic carbocycles. The zero-order valence-electron chi connectivity index (χ0n) is 19.9. The molecule has 0 aromatic heterocycles. The maximum absolute atomic E-state index is 15.2. The van der Waals surface area contributed by atoms with E-state index in [0.29, 0.717) is 47.2 Å². The minimum atomic E-state index is -0.802. The SMILES string of the molecule is COc1ccc(OC)c(NC(=O)N2CCc3cc(OC)c(OC)cc3[C@H]2c2c(F)cccc2Cl)c1. The maximum atomic E-state index is 15.2. The molecular weight excluding hydrogens is 475 g/mol. The molecule has 3 aromatic rings. The van der Waals surface area contributed by atoms with Crippen LogP contribution in [-0.4, -0.2) is 45.9 Å². The molecular formula is C26H26ClFN2O5. The summed E-state index contributed by atoms with van der Waals surface area (Å²) in [6.45, 7) is 0.315. The maximum Gasteiger partial charge on any atom is 0.322 e. The van der Waals surface area contributed by atoms with E-state index >= 15 is 4.39 Å². The summed E-state index contributed by atoms with van der Waals surface area (Å²) in [6.07, 6.45) is 0.529. The molecule has 3 aromatic carbocycles. The monoisotopic (exact) mass is 500 g/mol. The van der Waals surface area contributed by atoms with Crippen LogP contribution in [0.25, 0.3) is 0 Å². The van der Waals surface area contributed by atoms with Crippen LogP contribution in [0, 0.1) is 5.82 Å². The largest absolute Gasteiger partial charge is 0.497 e. The van der Waals surface area contributed by atoms with Gasteiger partial charge in [0.2, 0.25) is 0 Å². The van der Waals surface area contributed by atoms with Crippen molar-refractivity contribution >= 4 is 23.3 Å². The molecule has 4 rings (SSSR count). The first-order valence-electron chi connectivity index (χ1n) is 10.9. The molecule has 9 heteroatoms. The fraction of sp³-hybridized carbons (Fsp3) is 0.269. The molecule has 0 saturated heterocycles. The predicted molar refractivity (Wildman–Crippen MR) is 132 cm³/mol. The van der Waals surface area contributed by atoms with Gasteiger partial charge in [-0.25, -0.2) is 9.18 Å². The van der Waals surface area contributed by atoms with Crippen LogP contribution >= 0.6 is 11.6 Å². The summed E-state index contributed by atoms with van der Waals surface area (Å²) in [5, 5.41) is 3.10. The first kappa shape index (κ1) is 24.5. The highest BCUT2D eigenvalue weighted by Gasteiger charge is 2.36. The molecule has 0 radical (unpaired) electrons. The molecule has 2 amide bonds. The summed E-state index contributed by atoms with van der Waals surface area (Å²) < 4.78 is 36.8. The summed E-state index contributed by atoms with van der Waals surface area (Å²) in [4.78, 5) is 15.2. The Hall–Kier alpha value is -3.65. The summed E-state index contributed by atoms with van der Waals surface area (Å²) in [5.41, 5.74) is 2.24. The van der Waals surface area contributed by atoms with Crippen LogP contribution in [0.4, 0.5) is 14.9 Å². The number of urea groups is 1. The fourth-order valence-electron chi connectivity index (χ4n) is 4.35. The fourth-order valence-corrected chi connectivity index (χ4v) is 4.61. The number of carbonyl (C=O) groups is 1. The lowest BCUT2D eigenvalue weighted by molar-refractivity contribution is 0.192.